The lowest BCUT2D eigenvalue weighted by Gasteiger charge is -2.31. The van der Waals surface area contributed by atoms with E-state index < -0.39 is 0 Å². The second kappa shape index (κ2) is 8.01. The standard InChI is InChI=1S/C21H23N7/c22-13-18-6-9-20(12-21(18)26-10-2-1-3-11-26)28(27-15-24-25-16-27)14-17-4-7-19(23)8-5-17/h4-9,12,15-16H,1-3,10-11,14,23H2. The van der Waals surface area contributed by atoms with E-state index in [1.807, 2.05) is 41.1 Å². The highest BCUT2D eigenvalue weighted by Crippen LogP contribution is 2.30. The number of nitrogen functional groups attached to an aromatic ring is 1. The molecule has 28 heavy (non-hydrogen) atoms. The van der Waals surface area contributed by atoms with Gasteiger partial charge in [-0.25, -0.2) is 4.68 Å². The van der Waals surface area contributed by atoms with Crippen LogP contribution in [0.5, 0.6) is 0 Å². The normalized spacial score (nSPS) is 13.9. The van der Waals surface area contributed by atoms with Gasteiger partial charge in [-0.2, -0.15) is 5.26 Å². The van der Waals surface area contributed by atoms with Crippen LogP contribution in [0.4, 0.5) is 17.1 Å². The molecular weight excluding hydrogens is 350 g/mol. The predicted octanol–water partition coefficient (Wildman–Crippen LogP) is 3.19. The summed E-state index contributed by atoms with van der Waals surface area (Å²) in [6, 6.07) is 16.2. The summed E-state index contributed by atoms with van der Waals surface area (Å²) in [5.41, 5.74) is 10.4. The molecule has 0 amide bonds. The van der Waals surface area contributed by atoms with E-state index in [0.717, 1.165) is 48.6 Å². The summed E-state index contributed by atoms with van der Waals surface area (Å²) in [4.78, 5) is 2.32. The Morgan fingerprint density at radius 3 is 2.39 bits per heavy atom. The van der Waals surface area contributed by atoms with Crippen LogP contribution in [0.2, 0.25) is 0 Å². The average Bonchev–Trinajstić information content (AvgIpc) is 3.28. The first kappa shape index (κ1) is 17.9. The number of hydrogen-bond donors (Lipinski definition) is 1. The van der Waals surface area contributed by atoms with E-state index in [2.05, 4.69) is 32.2 Å². The molecule has 1 aliphatic heterocycles. The molecule has 3 aromatic rings. The van der Waals surface area contributed by atoms with Gasteiger partial charge in [0.25, 0.3) is 0 Å². The van der Waals surface area contributed by atoms with Gasteiger partial charge in [0.15, 0.2) is 0 Å². The van der Waals surface area contributed by atoms with E-state index in [1.165, 1.54) is 6.42 Å². The van der Waals surface area contributed by atoms with Crippen molar-refractivity contribution in [3.63, 3.8) is 0 Å². The highest BCUT2D eigenvalue weighted by Gasteiger charge is 2.18. The Labute approximate surface area is 164 Å². The van der Waals surface area contributed by atoms with Crippen molar-refractivity contribution in [3.8, 4) is 6.07 Å². The van der Waals surface area contributed by atoms with Crippen LogP contribution in [0, 0.1) is 11.3 Å². The monoisotopic (exact) mass is 373 g/mol. The van der Waals surface area contributed by atoms with E-state index in [1.54, 1.807) is 12.7 Å². The number of aromatic nitrogens is 3. The first-order chi connectivity index (χ1) is 13.7. The second-order valence-electron chi connectivity index (χ2n) is 7.00. The Bertz CT molecular complexity index is 951. The maximum absolute atomic E-state index is 9.60. The van der Waals surface area contributed by atoms with Gasteiger partial charge in [0.05, 0.1) is 23.5 Å². The van der Waals surface area contributed by atoms with Crippen LogP contribution in [0.3, 0.4) is 0 Å². The molecule has 1 fully saturated rings. The van der Waals surface area contributed by atoms with Gasteiger partial charge < -0.3 is 10.6 Å². The third kappa shape index (κ3) is 3.76. The summed E-state index contributed by atoms with van der Waals surface area (Å²) in [5.74, 6) is 0. The SMILES string of the molecule is N#Cc1ccc(N(Cc2ccc(N)cc2)n2cnnc2)cc1N1CCCCC1. The zero-order chi connectivity index (χ0) is 19.3. The lowest BCUT2D eigenvalue weighted by molar-refractivity contribution is 0.577. The van der Waals surface area contributed by atoms with Gasteiger partial charge in [-0.3, -0.25) is 5.01 Å². The van der Waals surface area contributed by atoms with Crippen molar-refractivity contribution in [2.75, 3.05) is 28.7 Å². The molecule has 0 spiro atoms. The smallest absolute Gasteiger partial charge is 0.139 e. The van der Waals surface area contributed by atoms with E-state index in [9.17, 15) is 5.26 Å². The third-order valence-corrected chi connectivity index (χ3v) is 5.09. The van der Waals surface area contributed by atoms with Crippen LogP contribution >= 0.6 is 0 Å². The number of nitriles is 1. The van der Waals surface area contributed by atoms with Gasteiger partial charge >= 0.3 is 0 Å². The van der Waals surface area contributed by atoms with Gasteiger partial charge in [-0.05, 0) is 55.2 Å². The van der Waals surface area contributed by atoms with E-state index in [-0.39, 0.29) is 0 Å². The molecule has 0 bridgehead atoms. The maximum atomic E-state index is 9.60. The number of nitrogens with zero attached hydrogens (tertiary/aromatic N) is 6. The third-order valence-electron chi connectivity index (χ3n) is 5.09. The lowest BCUT2D eigenvalue weighted by Crippen LogP contribution is -2.31. The maximum Gasteiger partial charge on any atom is 0.139 e. The largest absolute Gasteiger partial charge is 0.399 e. The molecule has 2 N–H and O–H groups in total. The van der Waals surface area contributed by atoms with Crippen molar-refractivity contribution in [1.82, 2.24) is 14.9 Å². The van der Waals surface area contributed by atoms with Crippen molar-refractivity contribution < 1.29 is 0 Å². The molecular formula is C21H23N7. The number of rotatable bonds is 5. The molecule has 0 radical (unpaired) electrons. The van der Waals surface area contributed by atoms with Gasteiger partial charge in [-0.1, -0.05) is 12.1 Å². The van der Waals surface area contributed by atoms with Crippen LogP contribution < -0.4 is 15.6 Å². The molecule has 1 aromatic heterocycles. The van der Waals surface area contributed by atoms with Crippen LogP contribution in [0.15, 0.2) is 55.1 Å². The van der Waals surface area contributed by atoms with Crippen LogP contribution in [-0.2, 0) is 6.54 Å². The number of benzene rings is 2. The molecule has 0 atom stereocenters. The fourth-order valence-corrected chi connectivity index (χ4v) is 3.59. The molecule has 142 valence electrons. The van der Waals surface area contributed by atoms with Gasteiger partial charge in [-0.15, -0.1) is 10.2 Å². The number of nitrogens with two attached hydrogens (primary N) is 1. The van der Waals surface area contributed by atoms with Crippen LogP contribution in [0.1, 0.15) is 30.4 Å². The Morgan fingerprint density at radius 1 is 1.00 bits per heavy atom. The minimum atomic E-state index is 0.629. The average molecular weight is 373 g/mol. The molecule has 2 heterocycles. The first-order valence-electron chi connectivity index (χ1n) is 9.50. The highest BCUT2D eigenvalue weighted by molar-refractivity contribution is 5.67. The number of anilines is 3. The minimum Gasteiger partial charge on any atom is -0.399 e. The molecule has 2 aromatic carbocycles. The molecule has 4 rings (SSSR count). The fraction of sp³-hybridized carbons (Fsp3) is 0.286. The Kier molecular flexibility index (Phi) is 5.11. The Hall–Kier alpha value is -3.53. The van der Waals surface area contributed by atoms with Crippen molar-refractivity contribution in [2.45, 2.75) is 25.8 Å². The summed E-state index contributed by atoms with van der Waals surface area (Å²) in [6.45, 7) is 2.61. The lowest BCUT2D eigenvalue weighted by atomic mass is 10.1. The van der Waals surface area contributed by atoms with Gasteiger partial charge in [0.2, 0.25) is 0 Å². The molecule has 1 aliphatic rings. The van der Waals surface area contributed by atoms with Crippen LogP contribution in [0.25, 0.3) is 0 Å². The summed E-state index contributed by atoms with van der Waals surface area (Å²) in [6.07, 6.45) is 6.93. The zero-order valence-electron chi connectivity index (χ0n) is 15.7. The van der Waals surface area contributed by atoms with E-state index in [4.69, 9.17) is 5.73 Å². The van der Waals surface area contributed by atoms with Crippen LogP contribution in [-0.4, -0.2) is 28.0 Å². The summed E-state index contributed by atoms with van der Waals surface area (Å²) < 4.78 is 1.86. The Morgan fingerprint density at radius 2 is 1.71 bits per heavy atom. The summed E-state index contributed by atoms with van der Waals surface area (Å²) in [7, 11) is 0. The van der Waals surface area contributed by atoms with Crippen molar-refractivity contribution in [1.29, 1.82) is 5.26 Å². The van der Waals surface area contributed by atoms with E-state index in [0.29, 0.717) is 12.1 Å². The molecule has 7 heteroatoms. The molecule has 1 saturated heterocycles. The molecule has 0 saturated carbocycles. The highest BCUT2D eigenvalue weighted by atomic mass is 15.6. The Balaban J connectivity index is 1.71. The predicted molar refractivity (Wildman–Crippen MR) is 110 cm³/mol. The van der Waals surface area contributed by atoms with Crippen molar-refractivity contribution in [3.05, 3.63) is 66.2 Å². The second-order valence-corrected chi connectivity index (χ2v) is 7.00. The van der Waals surface area contributed by atoms with Crippen molar-refractivity contribution >= 4 is 17.1 Å². The molecule has 7 nitrogen and oxygen atoms in total. The zero-order valence-corrected chi connectivity index (χ0v) is 15.7. The topological polar surface area (TPSA) is 87.0 Å². The van der Waals surface area contributed by atoms with E-state index >= 15 is 0 Å². The fourth-order valence-electron chi connectivity index (χ4n) is 3.59. The van der Waals surface area contributed by atoms with Gasteiger partial charge in [0, 0.05) is 18.8 Å². The number of piperidine rings is 1. The van der Waals surface area contributed by atoms with Gasteiger partial charge in [0.1, 0.15) is 18.7 Å². The summed E-state index contributed by atoms with van der Waals surface area (Å²) >= 11 is 0. The van der Waals surface area contributed by atoms with Crippen molar-refractivity contribution in [2.24, 2.45) is 0 Å². The minimum absolute atomic E-state index is 0.629. The quantitative estimate of drug-likeness (QED) is 0.691. The molecule has 0 aliphatic carbocycles. The first-order valence-corrected chi connectivity index (χ1v) is 9.50. The molecule has 0 unspecified atom stereocenters. The summed E-state index contributed by atoms with van der Waals surface area (Å²) in [5, 5.41) is 19.6. The number of hydrogen-bond acceptors (Lipinski definition) is 6.